The first-order valence-electron chi connectivity index (χ1n) is 3.26. The van der Waals surface area contributed by atoms with Crippen molar-refractivity contribution in [1.29, 1.82) is 5.26 Å². The smallest absolute Gasteiger partial charge is 0.215 e. The average molecular weight is 154 g/mol. The maximum atomic E-state index is 10.8. The second-order valence-corrected chi connectivity index (χ2v) is 2.33. The lowest BCUT2D eigenvalue weighted by Crippen LogP contribution is -2.47. The molecule has 0 aliphatic carbocycles. The van der Waals surface area contributed by atoms with Crippen molar-refractivity contribution in [3.05, 3.63) is 0 Å². The summed E-state index contributed by atoms with van der Waals surface area (Å²) < 4.78 is 0. The summed E-state index contributed by atoms with van der Waals surface area (Å²) in [4.78, 5) is 20.9. The molecule has 0 radical (unpaired) electrons. The predicted octanol–water partition coefficient (Wildman–Crippen LogP) is -0.224. The molecule has 0 amide bonds. The van der Waals surface area contributed by atoms with E-state index in [9.17, 15) is 9.59 Å². The van der Waals surface area contributed by atoms with E-state index in [1.54, 1.807) is 13.0 Å². The van der Waals surface area contributed by atoms with Crippen molar-refractivity contribution in [2.45, 2.75) is 25.3 Å². The third-order valence-corrected chi connectivity index (χ3v) is 1.62. The molecule has 0 saturated carbocycles. The number of rotatable bonds is 4. The third-order valence-electron chi connectivity index (χ3n) is 1.62. The van der Waals surface area contributed by atoms with Gasteiger partial charge in [0.05, 0.1) is 18.0 Å². The Hall–Kier alpha value is -1.21. The molecule has 0 heterocycles. The van der Waals surface area contributed by atoms with Gasteiger partial charge in [-0.15, -0.1) is 0 Å². The van der Waals surface area contributed by atoms with Gasteiger partial charge in [-0.25, -0.2) is 0 Å². The van der Waals surface area contributed by atoms with Gasteiger partial charge in [-0.3, -0.25) is 9.59 Å². The minimum absolute atomic E-state index is 0.110. The van der Waals surface area contributed by atoms with Crippen molar-refractivity contribution < 1.29 is 9.59 Å². The summed E-state index contributed by atoms with van der Waals surface area (Å²) in [5, 5.41) is 8.28. The van der Waals surface area contributed by atoms with Crippen LogP contribution in [0.4, 0.5) is 0 Å². The molecule has 0 rings (SSSR count). The molecule has 2 N–H and O–H groups in total. The summed E-state index contributed by atoms with van der Waals surface area (Å²) in [7, 11) is 0. The number of nitrogens with zero attached hydrogens (tertiary/aromatic N) is 1. The van der Waals surface area contributed by atoms with Gasteiger partial charge in [0.15, 0.2) is 6.29 Å². The lowest BCUT2D eigenvalue weighted by molar-refractivity contribution is -0.133. The van der Waals surface area contributed by atoms with E-state index in [-0.39, 0.29) is 12.7 Å². The summed E-state index contributed by atoms with van der Waals surface area (Å²) in [5.74, 6) is -0.707. The van der Waals surface area contributed by atoms with Crippen molar-refractivity contribution in [2.24, 2.45) is 5.73 Å². The summed E-state index contributed by atoms with van der Waals surface area (Å²) >= 11 is 0. The van der Waals surface area contributed by atoms with Crippen molar-refractivity contribution in [3.63, 3.8) is 0 Å². The first-order chi connectivity index (χ1) is 5.10. The van der Waals surface area contributed by atoms with Crippen molar-refractivity contribution in [3.8, 4) is 6.07 Å². The molecule has 4 heteroatoms. The van der Waals surface area contributed by atoms with Crippen molar-refractivity contribution in [2.75, 3.05) is 0 Å². The minimum Gasteiger partial charge on any atom is -0.318 e. The molecule has 11 heavy (non-hydrogen) atoms. The Bertz CT molecular complexity index is 207. The van der Waals surface area contributed by atoms with E-state index in [2.05, 4.69) is 0 Å². The molecule has 1 atom stereocenters. The number of nitriles is 1. The SMILES string of the molecule is CCC(N)(CC#N)C(=O)C=O. The number of aldehydes is 1. The Kier molecular flexibility index (Phi) is 3.42. The lowest BCUT2D eigenvalue weighted by Gasteiger charge is -2.19. The maximum Gasteiger partial charge on any atom is 0.215 e. The Balaban J connectivity index is 4.47. The van der Waals surface area contributed by atoms with Crippen LogP contribution in [0.1, 0.15) is 19.8 Å². The topological polar surface area (TPSA) is 83.9 Å². The normalized spacial score (nSPS) is 14.6. The molecule has 60 valence electrons. The molecule has 0 spiro atoms. The third kappa shape index (κ3) is 2.13. The Morgan fingerprint density at radius 1 is 1.82 bits per heavy atom. The standard InChI is InChI=1S/C7H10N2O2/c1-2-7(9,3-4-8)6(11)5-10/h5H,2-3,9H2,1H3. The highest BCUT2D eigenvalue weighted by molar-refractivity contribution is 6.29. The second kappa shape index (κ2) is 3.84. The van der Waals surface area contributed by atoms with Gasteiger partial charge in [0.1, 0.15) is 0 Å². The van der Waals surface area contributed by atoms with Gasteiger partial charge in [0, 0.05) is 0 Å². The summed E-state index contributed by atoms with van der Waals surface area (Å²) in [6, 6.07) is 1.77. The molecule has 0 aromatic carbocycles. The zero-order chi connectivity index (χ0) is 8.91. The zero-order valence-electron chi connectivity index (χ0n) is 6.33. The number of hydrogen-bond donors (Lipinski definition) is 1. The number of ketones is 1. The monoisotopic (exact) mass is 154 g/mol. The Labute approximate surface area is 65.0 Å². The molecule has 0 aromatic rings. The van der Waals surface area contributed by atoms with Gasteiger partial charge in [-0.2, -0.15) is 5.26 Å². The number of carbonyl (C=O) groups excluding carboxylic acids is 2. The van der Waals surface area contributed by atoms with Gasteiger partial charge in [-0.1, -0.05) is 6.92 Å². The van der Waals surface area contributed by atoms with Gasteiger partial charge < -0.3 is 5.73 Å². The number of Topliss-reactive ketones (excluding diaryl/α,β-unsaturated/α-hetero) is 1. The highest BCUT2D eigenvalue weighted by Gasteiger charge is 2.30. The van der Waals surface area contributed by atoms with E-state index in [4.69, 9.17) is 11.0 Å². The first-order valence-corrected chi connectivity index (χ1v) is 3.26. The highest BCUT2D eigenvalue weighted by Crippen LogP contribution is 2.10. The van der Waals surface area contributed by atoms with Crippen molar-refractivity contribution in [1.82, 2.24) is 0 Å². The second-order valence-electron chi connectivity index (χ2n) is 2.33. The minimum atomic E-state index is -1.27. The molecule has 0 bridgehead atoms. The zero-order valence-corrected chi connectivity index (χ0v) is 6.33. The van der Waals surface area contributed by atoms with E-state index in [1.807, 2.05) is 0 Å². The summed E-state index contributed by atoms with van der Waals surface area (Å²) in [5.41, 5.74) is 4.19. The molecular formula is C7H10N2O2. The quantitative estimate of drug-likeness (QED) is 0.448. The number of hydrogen-bond acceptors (Lipinski definition) is 4. The number of nitrogens with two attached hydrogens (primary N) is 1. The van der Waals surface area contributed by atoms with E-state index in [0.29, 0.717) is 6.42 Å². The van der Waals surface area contributed by atoms with E-state index < -0.39 is 11.3 Å². The molecule has 0 fully saturated rings. The fourth-order valence-corrected chi connectivity index (χ4v) is 0.645. The molecule has 4 nitrogen and oxygen atoms in total. The van der Waals surface area contributed by atoms with E-state index in [1.165, 1.54) is 0 Å². The fourth-order valence-electron chi connectivity index (χ4n) is 0.645. The highest BCUT2D eigenvalue weighted by atomic mass is 16.2. The van der Waals surface area contributed by atoms with Crippen LogP contribution in [0.5, 0.6) is 0 Å². The largest absolute Gasteiger partial charge is 0.318 e. The van der Waals surface area contributed by atoms with Crippen LogP contribution in [0, 0.1) is 11.3 Å². The van der Waals surface area contributed by atoms with E-state index in [0.717, 1.165) is 0 Å². The summed E-state index contributed by atoms with van der Waals surface area (Å²) in [6.45, 7) is 1.67. The Morgan fingerprint density at radius 2 is 2.36 bits per heavy atom. The van der Waals surface area contributed by atoms with Crippen LogP contribution >= 0.6 is 0 Å². The fraction of sp³-hybridized carbons (Fsp3) is 0.571. The molecule has 0 aromatic heterocycles. The first kappa shape index (κ1) is 9.79. The van der Waals surface area contributed by atoms with Crippen LogP contribution in [0.25, 0.3) is 0 Å². The van der Waals surface area contributed by atoms with Crippen molar-refractivity contribution >= 4 is 12.1 Å². The summed E-state index contributed by atoms with van der Waals surface area (Å²) in [6.07, 6.45) is 0.361. The Morgan fingerprint density at radius 3 is 2.64 bits per heavy atom. The number of carbonyl (C=O) groups is 2. The maximum absolute atomic E-state index is 10.8. The van der Waals surface area contributed by atoms with E-state index >= 15 is 0 Å². The molecule has 1 unspecified atom stereocenters. The van der Waals surface area contributed by atoms with Gasteiger partial charge in [0.25, 0.3) is 0 Å². The lowest BCUT2D eigenvalue weighted by atomic mass is 9.90. The van der Waals surface area contributed by atoms with Gasteiger partial charge >= 0.3 is 0 Å². The van der Waals surface area contributed by atoms with Crippen LogP contribution in [-0.2, 0) is 9.59 Å². The van der Waals surface area contributed by atoms with Crippen LogP contribution in [0.15, 0.2) is 0 Å². The molecule has 0 aliphatic rings. The van der Waals surface area contributed by atoms with Crippen LogP contribution in [0.2, 0.25) is 0 Å². The van der Waals surface area contributed by atoms with Crippen LogP contribution in [-0.4, -0.2) is 17.6 Å². The molecule has 0 saturated heterocycles. The molecular weight excluding hydrogens is 144 g/mol. The van der Waals surface area contributed by atoms with Crippen LogP contribution in [0.3, 0.4) is 0 Å². The predicted molar refractivity (Wildman–Crippen MR) is 38.5 cm³/mol. The van der Waals surface area contributed by atoms with Crippen LogP contribution < -0.4 is 5.73 Å². The van der Waals surface area contributed by atoms with Gasteiger partial charge in [0.2, 0.25) is 5.78 Å². The molecule has 0 aliphatic heterocycles. The van der Waals surface area contributed by atoms with Gasteiger partial charge in [-0.05, 0) is 6.42 Å². The average Bonchev–Trinajstić information content (AvgIpc) is 2.03.